The Morgan fingerprint density at radius 2 is 2.10 bits per heavy atom. The summed E-state index contributed by atoms with van der Waals surface area (Å²) in [5.74, 6) is -0.886. The van der Waals surface area contributed by atoms with Crippen molar-refractivity contribution in [3.63, 3.8) is 0 Å². The molecular formula is C15H17NO3S. The van der Waals surface area contributed by atoms with E-state index in [2.05, 4.69) is 0 Å². The van der Waals surface area contributed by atoms with Crippen molar-refractivity contribution >= 4 is 17.3 Å². The van der Waals surface area contributed by atoms with Crippen LogP contribution in [0.3, 0.4) is 0 Å². The van der Waals surface area contributed by atoms with Gasteiger partial charge in [0, 0.05) is 18.0 Å². The number of rotatable bonds is 5. The Bertz CT molecular complexity index is 656. The Hall–Kier alpha value is -1.88. The summed E-state index contributed by atoms with van der Waals surface area (Å²) in [6.45, 7) is 3.92. The lowest BCUT2D eigenvalue weighted by molar-refractivity contribution is -0.136. The summed E-state index contributed by atoms with van der Waals surface area (Å²) in [4.78, 5) is 24.2. The molecule has 0 aromatic carbocycles. The van der Waals surface area contributed by atoms with Crippen LogP contribution in [0.1, 0.15) is 31.9 Å². The molecule has 5 heteroatoms. The van der Waals surface area contributed by atoms with Crippen molar-refractivity contribution < 1.29 is 9.90 Å². The Labute approximate surface area is 121 Å². The maximum Gasteiger partial charge on any atom is 0.303 e. The van der Waals surface area contributed by atoms with Gasteiger partial charge in [-0.15, -0.1) is 11.3 Å². The fraction of sp³-hybridized carbons (Fsp3) is 0.333. The summed E-state index contributed by atoms with van der Waals surface area (Å²) in [5, 5.41) is 10.7. The highest BCUT2D eigenvalue weighted by Crippen LogP contribution is 2.26. The van der Waals surface area contributed by atoms with Gasteiger partial charge in [0.2, 0.25) is 0 Å². The molecule has 0 unspecified atom stereocenters. The lowest BCUT2D eigenvalue weighted by atomic mass is 10.1. The number of carbonyl (C=O) groups is 1. The number of nitrogens with zero attached hydrogens (tertiary/aromatic N) is 1. The van der Waals surface area contributed by atoms with Crippen molar-refractivity contribution in [3.8, 4) is 10.6 Å². The maximum atomic E-state index is 12.5. The predicted molar refractivity (Wildman–Crippen MR) is 80.4 cm³/mol. The molecule has 20 heavy (non-hydrogen) atoms. The molecule has 0 saturated heterocycles. The second kappa shape index (κ2) is 6.05. The van der Waals surface area contributed by atoms with Crippen LogP contribution in [0.15, 0.2) is 34.4 Å². The highest BCUT2D eigenvalue weighted by atomic mass is 32.1. The normalized spacial score (nSPS) is 10.9. The first kappa shape index (κ1) is 14.5. The molecule has 0 fully saturated rings. The molecule has 0 saturated carbocycles. The van der Waals surface area contributed by atoms with Crippen molar-refractivity contribution in [1.82, 2.24) is 4.57 Å². The van der Waals surface area contributed by atoms with Crippen molar-refractivity contribution in [2.75, 3.05) is 0 Å². The molecular weight excluding hydrogens is 274 g/mol. The molecule has 0 amide bonds. The van der Waals surface area contributed by atoms with Gasteiger partial charge in [0.05, 0.1) is 10.6 Å². The van der Waals surface area contributed by atoms with Crippen LogP contribution in [-0.4, -0.2) is 15.6 Å². The summed E-state index contributed by atoms with van der Waals surface area (Å²) in [6.07, 6.45) is 0.247. The molecule has 106 valence electrons. The van der Waals surface area contributed by atoms with Crippen LogP contribution in [0.25, 0.3) is 10.6 Å². The molecule has 2 rings (SSSR count). The highest BCUT2D eigenvalue weighted by Gasteiger charge is 2.14. The van der Waals surface area contributed by atoms with E-state index in [1.54, 1.807) is 22.0 Å². The molecule has 0 aliphatic heterocycles. The molecule has 0 spiro atoms. The van der Waals surface area contributed by atoms with Gasteiger partial charge in [0.1, 0.15) is 0 Å². The van der Waals surface area contributed by atoms with Gasteiger partial charge in [-0.3, -0.25) is 9.59 Å². The second-order valence-corrected chi connectivity index (χ2v) is 5.83. The van der Waals surface area contributed by atoms with Crippen LogP contribution in [0.2, 0.25) is 0 Å². The number of hydrogen-bond donors (Lipinski definition) is 1. The molecule has 4 nitrogen and oxygen atoms in total. The number of hydrogen-bond acceptors (Lipinski definition) is 3. The zero-order valence-electron chi connectivity index (χ0n) is 11.5. The Morgan fingerprint density at radius 3 is 2.65 bits per heavy atom. The summed E-state index contributed by atoms with van der Waals surface area (Å²) in [7, 11) is 0. The highest BCUT2D eigenvalue weighted by molar-refractivity contribution is 7.13. The van der Waals surface area contributed by atoms with Gasteiger partial charge in [-0.2, -0.15) is 0 Å². The standard InChI is InChI=1S/C15H17NO3S/c1-10(2)16-12(13-4-3-9-20-13)7-5-11(15(16)19)6-8-14(17)18/h3-5,7,9-10H,6,8H2,1-2H3,(H,17,18). The minimum Gasteiger partial charge on any atom is -0.481 e. The molecule has 0 radical (unpaired) electrons. The van der Waals surface area contributed by atoms with E-state index in [1.807, 2.05) is 37.4 Å². The number of carboxylic acids is 1. The molecule has 2 aromatic rings. The van der Waals surface area contributed by atoms with Gasteiger partial charge < -0.3 is 9.67 Å². The molecule has 1 N–H and O–H groups in total. The fourth-order valence-corrected chi connectivity index (χ4v) is 2.91. The van der Waals surface area contributed by atoms with Crippen LogP contribution < -0.4 is 5.56 Å². The van der Waals surface area contributed by atoms with E-state index in [1.165, 1.54) is 0 Å². The monoisotopic (exact) mass is 291 g/mol. The number of thiophene rings is 1. The lowest BCUT2D eigenvalue weighted by Crippen LogP contribution is -2.26. The van der Waals surface area contributed by atoms with Gasteiger partial charge >= 0.3 is 5.97 Å². The van der Waals surface area contributed by atoms with Gasteiger partial charge in [-0.25, -0.2) is 0 Å². The van der Waals surface area contributed by atoms with E-state index < -0.39 is 5.97 Å². The third-order valence-electron chi connectivity index (χ3n) is 3.09. The SMILES string of the molecule is CC(C)n1c(-c2cccs2)ccc(CCC(=O)O)c1=O. The average Bonchev–Trinajstić information content (AvgIpc) is 2.89. The first-order valence-corrected chi connectivity index (χ1v) is 7.38. The van der Waals surface area contributed by atoms with Crippen molar-refractivity contribution in [2.24, 2.45) is 0 Å². The third-order valence-corrected chi connectivity index (χ3v) is 3.99. The molecule has 0 bridgehead atoms. The van der Waals surface area contributed by atoms with E-state index in [0.29, 0.717) is 5.56 Å². The van der Waals surface area contributed by atoms with E-state index in [4.69, 9.17) is 5.11 Å². The Morgan fingerprint density at radius 1 is 1.35 bits per heavy atom. The summed E-state index contributed by atoms with van der Waals surface area (Å²) in [5.41, 5.74) is 1.35. The van der Waals surface area contributed by atoms with Gasteiger partial charge in [-0.1, -0.05) is 12.1 Å². The molecule has 0 atom stereocenters. The van der Waals surface area contributed by atoms with Crippen LogP contribution >= 0.6 is 11.3 Å². The lowest BCUT2D eigenvalue weighted by Gasteiger charge is -2.17. The van der Waals surface area contributed by atoms with E-state index in [9.17, 15) is 9.59 Å². The molecule has 2 aromatic heterocycles. The van der Waals surface area contributed by atoms with E-state index >= 15 is 0 Å². The first-order chi connectivity index (χ1) is 9.50. The Balaban J connectivity index is 2.49. The minimum atomic E-state index is -0.886. The van der Waals surface area contributed by atoms with Crippen molar-refractivity contribution in [3.05, 3.63) is 45.6 Å². The average molecular weight is 291 g/mol. The van der Waals surface area contributed by atoms with E-state index in [-0.39, 0.29) is 24.4 Å². The van der Waals surface area contributed by atoms with Crippen LogP contribution in [0, 0.1) is 0 Å². The molecule has 0 aliphatic carbocycles. The number of aryl methyl sites for hydroxylation is 1. The zero-order valence-corrected chi connectivity index (χ0v) is 12.3. The van der Waals surface area contributed by atoms with Crippen LogP contribution in [-0.2, 0) is 11.2 Å². The number of pyridine rings is 1. The van der Waals surface area contributed by atoms with E-state index in [0.717, 1.165) is 10.6 Å². The first-order valence-electron chi connectivity index (χ1n) is 6.50. The number of aliphatic carboxylic acids is 1. The van der Waals surface area contributed by atoms with Gasteiger partial charge in [-0.05, 0) is 37.8 Å². The Kier molecular flexibility index (Phi) is 4.39. The van der Waals surface area contributed by atoms with Crippen LogP contribution in [0.5, 0.6) is 0 Å². The largest absolute Gasteiger partial charge is 0.481 e. The second-order valence-electron chi connectivity index (χ2n) is 4.88. The summed E-state index contributed by atoms with van der Waals surface area (Å²) in [6, 6.07) is 7.62. The fourth-order valence-electron chi connectivity index (χ4n) is 2.16. The smallest absolute Gasteiger partial charge is 0.303 e. The van der Waals surface area contributed by atoms with Crippen LogP contribution in [0.4, 0.5) is 0 Å². The summed E-state index contributed by atoms with van der Waals surface area (Å²) >= 11 is 1.59. The number of aromatic nitrogens is 1. The van der Waals surface area contributed by atoms with Gasteiger partial charge in [0.15, 0.2) is 0 Å². The minimum absolute atomic E-state index is 0.0221. The predicted octanol–water partition coefficient (Wildman–Crippen LogP) is 3.17. The summed E-state index contributed by atoms with van der Waals surface area (Å²) < 4.78 is 1.74. The number of carboxylic acid groups (broad SMARTS) is 1. The van der Waals surface area contributed by atoms with Crippen molar-refractivity contribution in [2.45, 2.75) is 32.7 Å². The quantitative estimate of drug-likeness (QED) is 0.920. The zero-order chi connectivity index (χ0) is 14.7. The molecule has 0 aliphatic rings. The van der Waals surface area contributed by atoms with Crippen molar-refractivity contribution in [1.29, 1.82) is 0 Å². The topological polar surface area (TPSA) is 59.3 Å². The molecule has 2 heterocycles. The maximum absolute atomic E-state index is 12.5. The third kappa shape index (κ3) is 2.99. The van der Waals surface area contributed by atoms with Gasteiger partial charge in [0.25, 0.3) is 5.56 Å².